The Morgan fingerprint density at radius 3 is 2.42 bits per heavy atom. The number of amides is 2. The van der Waals surface area contributed by atoms with Crippen LogP contribution in [0.4, 0.5) is 0 Å². The van der Waals surface area contributed by atoms with Crippen molar-refractivity contribution in [3.8, 4) is 0 Å². The smallest absolute Gasteiger partial charge is 0.230 e. The van der Waals surface area contributed by atoms with E-state index in [0.717, 1.165) is 44.5 Å². The number of fused-ring (bicyclic) bond motifs is 1. The Balaban J connectivity index is 1.21. The Labute approximate surface area is 231 Å². The molecule has 5 nitrogen and oxygen atoms in total. The molecule has 1 aromatic heterocycles. The molecule has 2 aromatic carbocycles. The van der Waals surface area contributed by atoms with Crippen molar-refractivity contribution < 1.29 is 9.59 Å². The van der Waals surface area contributed by atoms with Crippen LogP contribution in [0.15, 0.2) is 66.0 Å². The van der Waals surface area contributed by atoms with E-state index in [9.17, 15) is 9.59 Å². The fourth-order valence-corrected chi connectivity index (χ4v) is 7.01. The van der Waals surface area contributed by atoms with Gasteiger partial charge >= 0.3 is 0 Å². The van der Waals surface area contributed by atoms with E-state index in [1.54, 1.807) is 0 Å². The zero-order valence-corrected chi connectivity index (χ0v) is 23.5. The first-order valence-corrected chi connectivity index (χ1v) is 14.9. The molecule has 0 saturated carbocycles. The molecule has 200 valence electrons. The number of hydrogen-bond donors (Lipinski definition) is 0. The van der Waals surface area contributed by atoms with E-state index < -0.39 is 0 Å². The van der Waals surface area contributed by atoms with Crippen LogP contribution in [0.1, 0.15) is 65.3 Å². The van der Waals surface area contributed by atoms with Crippen molar-refractivity contribution in [2.75, 3.05) is 39.3 Å². The van der Waals surface area contributed by atoms with Gasteiger partial charge in [-0.15, -0.1) is 11.3 Å². The van der Waals surface area contributed by atoms with Crippen LogP contribution >= 0.6 is 11.3 Å². The first kappa shape index (κ1) is 26.6. The number of carbonyl (C=O) groups is 2. The van der Waals surface area contributed by atoms with Crippen molar-refractivity contribution in [2.45, 2.75) is 51.5 Å². The summed E-state index contributed by atoms with van der Waals surface area (Å²) >= 11 is 1.85. The molecule has 1 saturated heterocycles. The van der Waals surface area contributed by atoms with Gasteiger partial charge in [0, 0.05) is 50.6 Å². The van der Waals surface area contributed by atoms with Gasteiger partial charge in [-0.05, 0) is 59.9 Å². The molecule has 0 radical (unpaired) electrons. The predicted octanol–water partition coefficient (Wildman–Crippen LogP) is 5.65. The second kappa shape index (κ2) is 12.3. The lowest BCUT2D eigenvalue weighted by atomic mass is 9.90. The summed E-state index contributed by atoms with van der Waals surface area (Å²) < 4.78 is 0. The number of thiophene rings is 1. The van der Waals surface area contributed by atoms with E-state index >= 15 is 0 Å². The number of nitrogens with zero attached hydrogens (tertiary/aromatic N) is 3. The quantitative estimate of drug-likeness (QED) is 0.397. The van der Waals surface area contributed by atoms with Gasteiger partial charge in [0.05, 0.1) is 12.0 Å². The molecule has 5 rings (SSSR count). The highest BCUT2D eigenvalue weighted by molar-refractivity contribution is 7.10. The van der Waals surface area contributed by atoms with Crippen molar-refractivity contribution in [3.63, 3.8) is 0 Å². The second-order valence-electron chi connectivity index (χ2n) is 10.5. The van der Waals surface area contributed by atoms with E-state index in [0.29, 0.717) is 26.1 Å². The summed E-state index contributed by atoms with van der Waals surface area (Å²) in [5, 5.41) is 2.20. The van der Waals surface area contributed by atoms with Crippen molar-refractivity contribution >= 4 is 23.2 Å². The van der Waals surface area contributed by atoms with Gasteiger partial charge in [0.2, 0.25) is 11.8 Å². The van der Waals surface area contributed by atoms with E-state index in [1.165, 1.54) is 21.6 Å². The van der Waals surface area contributed by atoms with E-state index in [1.807, 2.05) is 51.5 Å². The minimum atomic E-state index is -0.113. The molecule has 0 unspecified atom stereocenters. The highest BCUT2D eigenvalue weighted by atomic mass is 32.1. The van der Waals surface area contributed by atoms with E-state index in [4.69, 9.17) is 0 Å². The first-order chi connectivity index (χ1) is 18.6. The van der Waals surface area contributed by atoms with Crippen LogP contribution in [0.3, 0.4) is 0 Å². The molecule has 0 aliphatic carbocycles. The number of rotatable bonds is 7. The summed E-state index contributed by atoms with van der Waals surface area (Å²) in [6, 6.07) is 21.2. The number of carbonyl (C=O) groups excluding carboxylic acids is 2. The maximum absolute atomic E-state index is 13.4. The fourth-order valence-electron chi connectivity index (χ4n) is 6.11. The van der Waals surface area contributed by atoms with Crippen LogP contribution in [-0.2, 0) is 16.0 Å². The molecular formula is C32H39N3O2S. The van der Waals surface area contributed by atoms with Gasteiger partial charge in [-0.25, -0.2) is 0 Å². The Morgan fingerprint density at radius 1 is 0.895 bits per heavy atom. The van der Waals surface area contributed by atoms with Crippen LogP contribution < -0.4 is 0 Å². The fraction of sp³-hybridized carbons (Fsp3) is 0.438. The van der Waals surface area contributed by atoms with E-state index in [-0.39, 0.29) is 23.8 Å². The minimum absolute atomic E-state index is 0.113. The second-order valence-corrected chi connectivity index (χ2v) is 11.5. The molecule has 0 bridgehead atoms. The van der Waals surface area contributed by atoms with Crippen LogP contribution in [0, 0.1) is 6.92 Å². The molecule has 1 fully saturated rings. The summed E-state index contributed by atoms with van der Waals surface area (Å²) in [6.07, 6.45) is 3.17. The van der Waals surface area contributed by atoms with Crippen molar-refractivity contribution in [1.29, 1.82) is 0 Å². The zero-order valence-electron chi connectivity index (χ0n) is 22.6. The molecule has 2 atom stereocenters. The topological polar surface area (TPSA) is 43.9 Å². The highest BCUT2D eigenvalue weighted by Crippen LogP contribution is 2.39. The Bertz CT molecular complexity index is 1240. The largest absolute Gasteiger partial charge is 0.341 e. The van der Waals surface area contributed by atoms with Crippen molar-refractivity contribution in [1.82, 2.24) is 14.7 Å². The van der Waals surface area contributed by atoms with Gasteiger partial charge in [0.1, 0.15) is 0 Å². The van der Waals surface area contributed by atoms with Gasteiger partial charge in [-0.1, -0.05) is 61.5 Å². The van der Waals surface area contributed by atoms with Crippen LogP contribution in [0.25, 0.3) is 0 Å². The average molecular weight is 530 g/mol. The third-order valence-electron chi connectivity index (χ3n) is 8.23. The van der Waals surface area contributed by atoms with Gasteiger partial charge < -0.3 is 9.80 Å². The minimum Gasteiger partial charge on any atom is -0.341 e. The molecule has 0 spiro atoms. The van der Waals surface area contributed by atoms with Crippen LogP contribution in [0.5, 0.6) is 0 Å². The Kier molecular flexibility index (Phi) is 8.60. The average Bonchev–Trinajstić information content (AvgIpc) is 3.28. The predicted molar refractivity (Wildman–Crippen MR) is 154 cm³/mol. The maximum atomic E-state index is 13.4. The normalized spacial score (nSPS) is 19.1. The Hall–Kier alpha value is -2.96. The lowest BCUT2D eigenvalue weighted by Crippen LogP contribution is -2.41. The van der Waals surface area contributed by atoms with Gasteiger partial charge in [0.25, 0.3) is 0 Å². The monoisotopic (exact) mass is 529 g/mol. The maximum Gasteiger partial charge on any atom is 0.230 e. The number of aryl methyl sites for hydroxylation is 1. The third-order valence-corrected chi connectivity index (χ3v) is 9.23. The van der Waals surface area contributed by atoms with Crippen LogP contribution in [-0.4, -0.2) is 65.8 Å². The standard InChI is InChI=1S/C32H39N3O2S/c1-3-26(25-11-5-4-6-12-25)32(37)35-18-9-17-33(21-22-35)30(36)15-20-34-19-14-29-28(16-23-38-29)31(34)27-13-8-7-10-24(27)2/h4-8,10-13,16,23,26,31H,3,9,14-15,17-22H2,1-2H3/t26-,31-/m1/s1. The van der Waals surface area contributed by atoms with Gasteiger partial charge in [-0.3, -0.25) is 14.5 Å². The summed E-state index contributed by atoms with van der Waals surface area (Å²) in [5.41, 5.74) is 5.12. The van der Waals surface area contributed by atoms with Crippen molar-refractivity contribution in [2.24, 2.45) is 0 Å². The summed E-state index contributed by atoms with van der Waals surface area (Å²) in [4.78, 5) is 34.7. The molecule has 0 N–H and O–H groups in total. The summed E-state index contributed by atoms with van der Waals surface area (Å²) in [5.74, 6) is 0.279. The Morgan fingerprint density at radius 2 is 1.63 bits per heavy atom. The third kappa shape index (κ3) is 5.71. The molecule has 3 aromatic rings. The number of benzene rings is 2. The van der Waals surface area contributed by atoms with Gasteiger partial charge in [0.15, 0.2) is 0 Å². The molecule has 2 aliphatic rings. The highest BCUT2D eigenvalue weighted by Gasteiger charge is 2.32. The lowest BCUT2D eigenvalue weighted by Gasteiger charge is -2.37. The summed E-state index contributed by atoms with van der Waals surface area (Å²) in [6.45, 7) is 8.65. The molecule has 3 heterocycles. The zero-order chi connectivity index (χ0) is 26.5. The summed E-state index contributed by atoms with van der Waals surface area (Å²) in [7, 11) is 0. The van der Waals surface area contributed by atoms with Crippen LogP contribution in [0.2, 0.25) is 0 Å². The van der Waals surface area contributed by atoms with Gasteiger partial charge in [-0.2, -0.15) is 0 Å². The van der Waals surface area contributed by atoms with Crippen molar-refractivity contribution in [3.05, 3.63) is 93.2 Å². The number of hydrogen-bond acceptors (Lipinski definition) is 4. The van der Waals surface area contributed by atoms with E-state index in [2.05, 4.69) is 54.5 Å². The SMILES string of the molecule is CC[C@@H](C(=O)N1CCCN(C(=O)CCN2CCc3sccc3[C@H]2c2ccccc2C)CC1)c1ccccc1. The molecule has 2 amide bonds. The molecule has 6 heteroatoms. The molecule has 38 heavy (non-hydrogen) atoms. The lowest BCUT2D eigenvalue weighted by molar-refractivity contribution is -0.134. The first-order valence-electron chi connectivity index (χ1n) is 14.0. The molecule has 2 aliphatic heterocycles. The molecular weight excluding hydrogens is 490 g/mol.